The van der Waals surface area contributed by atoms with Crippen LogP contribution >= 0.6 is 0 Å². The van der Waals surface area contributed by atoms with Crippen LogP contribution in [0, 0.1) is 6.92 Å². The van der Waals surface area contributed by atoms with Crippen LogP contribution in [0.15, 0.2) is 24.4 Å². The first-order valence-corrected chi connectivity index (χ1v) is 4.91. The molecule has 0 fully saturated rings. The molecule has 0 radical (unpaired) electrons. The van der Waals surface area contributed by atoms with Crippen molar-refractivity contribution in [2.45, 2.75) is 6.92 Å². The van der Waals surface area contributed by atoms with Gasteiger partial charge in [0.05, 0.1) is 11.8 Å². The van der Waals surface area contributed by atoms with Crippen LogP contribution in [0.25, 0.3) is 0 Å². The Morgan fingerprint density at radius 3 is 2.76 bits per heavy atom. The molecule has 2 rings (SSSR count). The third-order valence-electron chi connectivity index (χ3n) is 2.29. The molecule has 1 amide bonds. The second-order valence-corrected chi connectivity index (χ2v) is 3.58. The number of amides is 1. The fourth-order valence-corrected chi connectivity index (χ4v) is 1.37. The zero-order valence-electron chi connectivity index (χ0n) is 9.06. The van der Waals surface area contributed by atoms with Gasteiger partial charge in [-0.05, 0) is 19.1 Å². The van der Waals surface area contributed by atoms with Gasteiger partial charge in [-0.1, -0.05) is 0 Å². The zero-order chi connectivity index (χ0) is 12.4. The van der Waals surface area contributed by atoms with Gasteiger partial charge < -0.3 is 15.5 Å². The molecule has 0 saturated carbocycles. The van der Waals surface area contributed by atoms with E-state index in [4.69, 9.17) is 5.11 Å². The number of aromatic amines is 1. The largest absolute Gasteiger partial charge is 0.508 e. The van der Waals surface area contributed by atoms with Gasteiger partial charge >= 0.3 is 0 Å². The number of nitrogens with zero attached hydrogens (tertiary/aromatic N) is 1. The van der Waals surface area contributed by atoms with E-state index in [0.29, 0.717) is 5.82 Å². The first-order chi connectivity index (χ1) is 8.08. The van der Waals surface area contributed by atoms with Gasteiger partial charge in [0, 0.05) is 11.6 Å². The number of hydrogen-bond acceptors (Lipinski definition) is 4. The van der Waals surface area contributed by atoms with Crippen molar-refractivity contribution in [3.8, 4) is 11.5 Å². The van der Waals surface area contributed by atoms with Crippen LogP contribution in [0.2, 0.25) is 0 Å². The Morgan fingerprint density at radius 2 is 2.18 bits per heavy atom. The van der Waals surface area contributed by atoms with Crippen molar-refractivity contribution >= 4 is 11.7 Å². The van der Waals surface area contributed by atoms with E-state index < -0.39 is 5.91 Å². The average molecular weight is 233 g/mol. The summed E-state index contributed by atoms with van der Waals surface area (Å²) in [7, 11) is 0. The van der Waals surface area contributed by atoms with Crippen LogP contribution in [0.4, 0.5) is 5.82 Å². The van der Waals surface area contributed by atoms with Crippen LogP contribution in [0.3, 0.4) is 0 Å². The van der Waals surface area contributed by atoms with E-state index in [0.717, 1.165) is 11.6 Å². The summed E-state index contributed by atoms with van der Waals surface area (Å²) in [5, 5.41) is 27.6. The number of benzene rings is 1. The molecule has 0 unspecified atom stereocenters. The summed E-state index contributed by atoms with van der Waals surface area (Å²) in [6, 6.07) is 3.77. The van der Waals surface area contributed by atoms with Crippen LogP contribution < -0.4 is 5.32 Å². The minimum absolute atomic E-state index is 0.0804. The lowest BCUT2D eigenvalue weighted by Crippen LogP contribution is -2.13. The Morgan fingerprint density at radius 1 is 1.41 bits per heavy atom. The lowest BCUT2D eigenvalue weighted by Gasteiger charge is -2.06. The fraction of sp³-hybridized carbons (Fsp3) is 0.0909. The van der Waals surface area contributed by atoms with E-state index >= 15 is 0 Å². The summed E-state index contributed by atoms with van der Waals surface area (Å²) >= 11 is 0. The molecule has 0 aliphatic heterocycles. The molecule has 17 heavy (non-hydrogen) atoms. The highest BCUT2D eigenvalue weighted by Crippen LogP contribution is 2.23. The molecule has 6 heteroatoms. The van der Waals surface area contributed by atoms with E-state index in [1.807, 2.05) is 0 Å². The molecule has 0 bridgehead atoms. The van der Waals surface area contributed by atoms with Gasteiger partial charge in [-0.2, -0.15) is 5.10 Å². The van der Waals surface area contributed by atoms with Crippen molar-refractivity contribution < 1.29 is 15.0 Å². The number of aryl methyl sites for hydroxylation is 1. The Balaban J connectivity index is 2.23. The Bertz CT molecular complexity index is 563. The monoisotopic (exact) mass is 233 g/mol. The predicted molar refractivity (Wildman–Crippen MR) is 61.0 cm³/mol. The minimum atomic E-state index is -0.477. The second kappa shape index (κ2) is 4.17. The molecule has 2 aromatic rings. The first kappa shape index (κ1) is 11.0. The minimum Gasteiger partial charge on any atom is -0.508 e. The maximum atomic E-state index is 11.8. The van der Waals surface area contributed by atoms with Gasteiger partial charge in [0.1, 0.15) is 17.3 Å². The van der Waals surface area contributed by atoms with Crippen LogP contribution in [-0.4, -0.2) is 26.3 Å². The van der Waals surface area contributed by atoms with E-state index in [9.17, 15) is 9.90 Å². The third kappa shape index (κ3) is 2.20. The fourth-order valence-electron chi connectivity index (χ4n) is 1.37. The predicted octanol–water partition coefficient (Wildman–Crippen LogP) is 1.38. The molecule has 6 nitrogen and oxygen atoms in total. The van der Waals surface area contributed by atoms with Gasteiger partial charge in [-0.25, -0.2) is 0 Å². The number of phenols is 2. The van der Waals surface area contributed by atoms with Gasteiger partial charge in [0.25, 0.3) is 5.91 Å². The topological polar surface area (TPSA) is 98.2 Å². The number of hydrogen-bond donors (Lipinski definition) is 4. The maximum absolute atomic E-state index is 11.8. The SMILES string of the molecule is Cc1cn[nH]c1NC(=O)c1ccc(O)cc1O. The number of phenolic OH excluding ortho intramolecular Hbond substituents is 2. The standard InChI is InChI=1S/C11H11N3O3/c1-6-5-12-14-10(6)13-11(17)8-3-2-7(15)4-9(8)16/h2-5,15-16H,1H3,(H2,12,13,14,17). The quantitative estimate of drug-likeness (QED) is 0.629. The van der Waals surface area contributed by atoms with Gasteiger partial charge in [-0.15, -0.1) is 0 Å². The number of rotatable bonds is 2. The number of carbonyl (C=O) groups is 1. The molecular formula is C11H11N3O3. The first-order valence-electron chi connectivity index (χ1n) is 4.91. The summed E-state index contributed by atoms with van der Waals surface area (Å²) < 4.78 is 0. The van der Waals surface area contributed by atoms with Crippen molar-refractivity contribution in [3.05, 3.63) is 35.5 Å². The Kier molecular flexibility index (Phi) is 2.70. The second-order valence-electron chi connectivity index (χ2n) is 3.58. The van der Waals surface area contributed by atoms with E-state index in [-0.39, 0.29) is 17.1 Å². The summed E-state index contributed by atoms with van der Waals surface area (Å²) in [5.41, 5.74) is 0.869. The molecule has 0 saturated heterocycles. The average Bonchev–Trinajstić information content (AvgIpc) is 2.64. The van der Waals surface area contributed by atoms with Crippen molar-refractivity contribution in [3.63, 3.8) is 0 Å². The highest BCUT2D eigenvalue weighted by Gasteiger charge is 2.13. The van der Waals surface area contributed by atoms with Crippen molar-refractivity contribution in [1.82, 2.24) is 10.2 Å². The smallest absolute Gasteiger partial charge is 0.260 e. The number of H-pyrrole nitrogens is 1. The number of nitrogens with one attached hydrogen (secondary N) is 2. The maximum Gasteiger partial charge on any atom is 0.260 e. The molecule has 0 aliphatic rings. The number of carbonyl (C=O) groups excluding carboxylic acids is 1. The molecule has 1 aromatic carbocycles. The normalized spacial score (nSPS) is 10.2. The molecule has 1 heterocycles. The third-order valence-corrected chi connectivity index (χ3v) is 2.29. The lowest BCUT2D eigenvalue weighted by atomic mass is 10.2. The molecule has 4 N–H and O–H groups in total. The van der Waals surface area contributed by atoms with Crippen LogP contribution in [0.5, 0.6) is 11.5 Å². The molecule has 0 aliphatic carbocycles. The molecule has 0 spiro atoms. The summed E-state index contributed by atoms with van der Waals surface area (Å²) in [5.74, 6) is -0.381. The molecule has 1 aromatic heterocycles. The molecular weight excluding hydrogens is 222 g/mol. The van der Waals surface area contributed by atoms with Crippen molar-refractivity contribution in [2.24, 2.45) is 0 Å². The van der Waals surface area contributed by atoms with Crippen molar-refractivity contribution in [1.29, 1.82) is 0 Å². The Hall–Kier alpha value is -2.50. The van der Waals surface area contributed by atoms with Crippen LogP contribution in [0.1, 0.15) is 15.9 Å². The number of aromatic hydroxyl groups is 2. The highest BCUT2D eigenvalue weighted by atomic mass is 16.3. The van der Waals surface area contributed by atoms with Crippen molar-refractivity contribution in [2.75, 3.05) is 5.32 Å². The molecule has 0 atom stereocenters. The Labute approximate surface area is 96.9 Å². The highest BCUT2D eigenvalue weighted by molar-refractivity contribution is 6.06. The van der Waals surface area contributed by atoms with E-state index in [2.05, 4.69) is 15.5 Å². The van der Waals surface area contributed by atoms with Gasteiger partial charge in [-0.3, -0.25) is 9.89 Å². The summed E-state index contributed by atoms with van der Waals surface area (Å²) in [6.07, 6.45) is 1.58. The lowest BCUT2D eigenvalue weighted by molar-refractivity contribution is 0.102. The molecule has 88 valence electrons. The summed E-state index contributed by atoms with van der Waals surface area (Å²) in [4.78, 5) is 11.8. The van der Waals surface area contributed by atoms with E-state index in [1.54, 1.807) is 13.1 Å². The zero-order valence-corrected chi connectivity index (χ0v) is 9.06. The summed E-state index contributed by atoms with van der Waals surface area (Å²) in [6.45, 7) is 1.79. The van der Waals surface area contributed by atoms with E-state index in [1.165, 1.54) is 12.1 Å². The van der Waals surface area contributed by atoms with Gasteiger partial charge in [0.15, 0.2) is 0 Å². The number of anilines is 1. The van der Waals surface area contributed by atoms with Crippen LogP contribution in [-0.2, 0) is 0 Å². The van der Waals surface area contributed by atoms with Gasteiger partial charge in [0.2, 0.25) is 0 Å². The number of aromatic nitrogens is 2.